The molecule has 134 valence electrons. The molecule has 1 heterocycles. The number of aliphatic hydroxyl groups excluding tert-OH is 1. The summed E-state index contributed by atoms with van der Waals surface area (Å²) in [4.78, 5) is 12.1. The van der Waals surface area contributed by atoms with Crippen LogP contribution in [0.15, 0.2) is 42.5 Å². The molecule has 0 aliphatic rings. The Morgan fingerprint density at radius 3 is 2.36 bits per heavy atom. The van der Waals surface area contributed by atoms with Gasteiger partial charge in [0.05, 0.1) is 11.8 Å². The van der Waals surface area contributed by atoms with E-state index in [0.29, 0.717) is 12.2 Å². The summed E-state index contributed by atoms with van der Waals surface area (Å²) in [6.45, 7) is 8.00. The second kappa shape index (κ2) is 8.07. The number of carbonyl (C=O) groups is 1. The second-order valence-electron chi connectivity index (χ2n) is 7.22. The SMILES string of the molecule is CC(CC(O)c1ccccc1)NC(=O)Nc1ccc(C(C)(C)C)nn1. The third-order valence-electron chi connectivity index (χ3n) is 3.81. The molecule has 1 aromatic heterocycles. The van der Waals surface area contributed by atoms with Gasteiger partial charge in [0.25, 0.3) is 0 Å². The molecule has 2 rings (SSSR count). The Kier molecular flexibility index (Phi) is 6.09. The summed E-state index contributed by atoms with van der Waals surface area (Å²) in [5.41, 5.74) is 1.61. The molecule has 2 aromatic rings. The van der Waals surface area contributed by atoms with Crippen LogP contribution in [0.25, 0.3) is 0 Å². The van der Waals surface area contributed by atoms with Crippen molar-refractivity contribution in [1.29, 1.82) is 0 Å². The molecule has 2 unspecified atom stereocenters. The van der Waals surface area contributed by atoms with Crippen LogP contribution in [0.5, 0.6) is 0 Å². The van der Waals surface area contributed by atoms with E-state index in [1.807, 2.05) is 43.3 Å². The van der Waals surface area contributed by atoms with Crippen molar-refractivity contribution >= 4 is 11.8 Å². The zero-order chi connectivity index (χ0) is 18.4. The molecule has 1 aromatic carbocycles. The van der Waals surface area contributed by atoms with E-state index in [4.69, 9.17) is 0 Å². The molecule has 0 aliphatic carbocycles. The maximum atomic E-state index is 12.1. The van der Waals surface area contributed by atoms with E-state index in [9.17, 15) is 9.90 Å². The van der Waals surface area contributed by atoms with E-state index in [1.165, 1.54) is 0 Å². The molecule has 2 atom stereocenters. The van der Waals surface area contributed by atoms with Gasteiger partial charge < -0.3 is 10.4 Å². The highest BCUT2D eigenvalue weighted by Gasteiger charge is 2.17. The van der Waals surface area contributed by atoms with E-state index >= 15 is 0 Å². The van der Waals surface area contributed by atoms with Crippen LogP contribution in [0.2, 0.25) is 0 Å². The highest BCUT2D eigenvalue weighted by Crippen LogP contribution is 2.20. The van der Waals surface area contributed by atoms with Crippen LogP contribution in [-0.2, 0) is 5.41 Å². The van der Waals surface area contributed by atoms with Gasteiger partial charge in [0.2, 0.25) is 0 Å². The Labute approximate surface area is 148 Å². The van der Waals surface area contributed by atoms with Crippen molar-refractivity contribution in [2.45, 2.75) is 51.7 Å². The molecule has 6 nitrogen and oxygen atoms in total. The van der Waals surface area contributed by atoms with Crippen molar-refractivity contribution in [1.82, 2.24) is 15.5 Å². The smallest absolute Gasteiger partial charge is 0.320 e. The first-order chi connectivity index (χ1) is 11.8. The fourth-order valence-electron chi connectivity index (χ4n) is 2.38. The predicted octanol–water partition coefficient (Wildman–Crippen LogP) is 3.41. The quantitative estimate of drug-likeness (QED) is 0.777. The summed E-state index contributed by atoms with van der Waals surface area (Å²) in [6, 6.07) is 12.4. The Bertz CT molecular complexity index is 681. The molecule has 2 amide bonds. The standard InChI is InChI=1S/C19H26N4O2/c1-13(12-15(24)14-8-6-5-7-9-14)20-18(25)21-17-11-10-16(22-23-17)19(2,3)4/h5-11,13,15,24H,12H2,1-4H3,(H2,20,21,23,25). The Hall–Kier alpha value is -2.47. The van der Waals surface area contributed by atoms with Crippen LogP contribution >= 0.6 is 0 Å². The lowest BCUT2D eigenvalue weighted by Gasteiger charge is -2.19. The van der Waals surface area contributed by atoms with E-state index in [1.54, 1.807) is 6.07 Å². The average Bonchev–Trinajstić information content (AvgIpc) is 2.55. The van der Waals surface area contributed by atoms with E-state index in [2.05, 4.69) is 41.6 Å². The van der Waals surface area contributed by atoms with Crippen LogP contribution in [0.3, 0.4) is 0 Å². The van der Waals surface area contributed by atoms with E-state index < -0.39 is 6.10 Å². The summed E-state index contributed by atoms with van der Waals surface area (Å²) in [5, 5.41) is 23.8. The van der Waals surface area contributed by atoms with Crippen LogP contribution in [0.1, 0.15) is 51.5 Å². The summed E-state index contributed by atoms with van der Waals surface area (Å²) >= 11 is 0. The third kappa shape index (κ3) is 5.83. The first kappa shape index (κ1) is 18.9. The van der Waals surface area contributed by atoms with Gasteiger partial charge in [-0.3, -0.25) is 5.32 Å². The van der Waals surface area contributed by atoms with Gasteiger partial charge in [0.1, 0.15) is 0 Å². The van der Waals surface area contributed by atoms with Crippen LogP contribution in [0.4, 0.5) is 10.6 Å². The second-order valence-corrected chi connectivity index (χ2v) is 7.22. The molecule has 0 saturated carbocycles. The minimum atomic E-state index is -0.623. The first-order valence-corrected chi connectivity index (χ1v) is 8.40. The predicted molar refractivity (Wildman–Crippen MR) is 98.4 cm³/mol. The highest BCUT2D eigenvalue weighted by atomic mass is 16.3. The third-order valence-corrected chi connectivity index (χ3v) is 3.81. The average molecular weight is 342 g/mol. The zero-order valence-electron chi connectivity index (χ0n) is 15.2. The van der Waals surface area contributed by atoms with Crippen LogP contribution < -0.4 is 10.6 Å². The molecule has 0 fully saturated rings. The van der Waals surface area contributed by atoms with Crippen molar-refractivity contribution in [2.75, 3.05) is 5.32 Å². The Morgan fingerprint density at radius 1 is 1.12 bits per heavy atom. The number of hydrogen-bond acceptors (Lipinski definition) is 4. The maximum Gasteiger partial charge on any atom is 0.320 e. The monoisotopic (exact) mass is 342 g/mol. The first-order valence-electron chi connectivity index (χ1n) is 8.40. The summed E-state index contributed by atoms with van der Waals surface area (Å²) < 4.78 is 0. The zero-order valence-corrected chi connectivity index (χ0v) is 15.2. The highest BCUT2D eigenvalue weighted by molar-refractivity contribution is 5.88. The fourth-order valence-corrected chi connectivity index (χ4v) is 2.38. The summed E-state index contributed by atoms with van der Waals surface area (Å²) in [7, 11) is 0. The number of benzene rings is 1. The maximum absolute atomic E-state index is 12.1. The van der Waals surface area contributed by atoms with E-state index in [0.717, 1.165) is 11.3 Å². The number of aromatic nitrogens is 2. The van der Waals surface area contributed by atoms with Gasteiger partial charge in [-0.1, -0.05) is 51.1 Å². The number of rotatable bonds is 5. The number of amides is 2. The van der Waals surface area contributed by atoms with Crippen molar-refractivity contribution < 1.29 is 9.90 Å². The van der Waals surface area contributed by atoms with Crippen molar-refractivity contribution in [2.24, 2.45) is 0 Å². The van der Waals surface area contributed by atoms with Crippen LogP contribution in [0, 0.1) is 0 Å². The molecule has 0 radical (unpaired) electrons. The van der Waals surface area contributed by atoms with Gasteiger partial charge in [0.15, 0.2) is 5.82 Å². The van der Waals surface area contributed by atoms with Gasteiger partial charge in [-0.15, -0.1) is 5.10 Å². The Morgan fingerprint density at radius 2 is 1.80 bits per heavy atom. The van der Waals surface area contributed by atoms with Crippen molar-refractivity contribution in [3.63, 3.8) is 0 Å². The summed E-state index contributed by atoms with van der Waals surface area (Å²) in [5.74, 6) is 0.390. The van der Waals surface area contributed by atoms with Gasteiger partial charge in [-0.25, -0.2) is 4.79 Å². The number of aliphatic hydroxyl groups is 1. The molecule has 25 heavy (non-hydrogen) atoms. The van der Waals surface area contributed by atoms with Crippen molar-refractivity contribution in [3.05, 3.63) is 53.7 Å². The molecule has 0 bridgehead atoms. The lowest BCUT2D eigenvalue weighted by molar-refractivity contribution is 0.155. The lowest BCUT2D eigenvalue weighted by atomic mass is 9.92. The minimum Gasteiger partial charge on any atom is -0.388 e. The molecular weight excluding hydrogens is 316 g/mol. The number of nitrogens with one attached hydrogen (secondary N) is 2. The molecule has 0 spiro atoms. The number of hydrogen-bond donors (Lipinski definition) is 3. The van der Waals surface area contributed by atoms with Crippen molar-refractivity contribution in [3.8, 4) is 0 Å². The molecule has 6 heteroatoms. The topological polar surface area (TPSA) is 87.1 Å². The largest absolute Gasteiger partial charge is 0.388 e. The number of nitrogens with zero attached hydrogens (tertiary/aromatic N) is 2. The summed E-state index contributed by atoms with van der Waals surface area (Å²) in [6.07, 6.45) is -0.200. The molecular formula is C19H26N4O2. The minimum absolute atomic E-state index is 0.0874. The number of urea groups is 1. The van der Waals surface area contributed by atoms with Gasteiger partial charge in [0, 0.05) is 11.5 Å². The molecule has 0 saturated heterocycles. The van der Waals surface area contributed by atoms with Gasteiger partial charge >= 0.3 is 6.03 Å². The Balaban J connectivity index is 1.85. The van der Waals surface area contributed by atoms with Gasteiger partial charge in [-0.2, -0.15) is 5.10 Å². The van der Waals surface area contributed by atoms with Crippen LogP contribution in [-0.4, -0.2) is 27.4 Å². The normalized spacial score (nSPS) is 13.8. The molecule has 0 aliphatic heterocycles. The van der Waals surface area contributed by atoms with E-state index in [-0.39, 0.29) is 17.5 Å². The number of anilines is 1. The van der Waals surface area contributed by atoms with Gasteiger partial charge in [-0.05, 0) is 31.0 Å². The molecule has 3 N–H and O–H groups in total. The number of carbonyl (C=O) groups excluding carboxylic acids is 1. The fraction of sp³-hybridized carbons (Fsp3) is 0.421. The lowest BCUT2D eigenvalue weighted by Crippen LogP contribution is -2.37.